The molecular weight excluding hydrogens is 200 g/mol. The highest BCUT2D eigenvalue weighted by Gasteiger charge is 2.24. The first kappa shape index (κ1) is 9.49. The van der Waals surface area contributed by atoms with Crippen molar-refractivity contribution in [2.45, 2.75) is 16.3 Å². The van der Waals surface area contributed by atoms with Gasteiger partial charge in [-0.2, -0.15) is 37.0 Å². The summed E-state index contributed by atoms with van der Waals surface area (Å²) in [5.41, 5.74) is 0. The van der Waals surface area contributed by atoms with Crippen molar-refractivity contribution in [1.82, 2.24) is 0 Å². The quantitative estimate of drug-likeness (QED) is 0.592. The van der Waals surface area contributed by atoms with Gasteiger partial charge in [-0.1, -0.05) is 0 Å². The Morgan fingerprint density at radius 1 is 1.50 bits per heavy atom. The summed E-state index contributed by atoms with van der Waals surface area (Å²) in [6.07, 6.45) is 0. The number of hydrogen-bond donors (Lipinski definition) is 2. The van der Waals surface area contributed by atoms with Crippen molar-refractivity contribution in [3.05, 3.63) is 0 Å². The van der Waals surface area contributed by atoms with E-state index >= 15 is 0 Å². The molecular formula is C6H12S4. The van der Waals surface area contributed by atoms with Gasteiger partial charge in [-0.05, 0) is 6.92 Å². The lowest BCUT2D eigenvalue weighted by atomic mass is 10.5. The second kappa shape index (κ2) is 3.87. The molecule has 0 N–H and O–H groups in total. The molecule has 60 valence electrons. The second-order valence-corrected chi connectivity index (χ2v) is 7.23. The third-order valence-electron chi connectivity index (χ3n) is 1.27. The van der Waals surface area contributed by atoms with E-state index in [1.54, 1.807) is 0 Å². The first-order valence-corrected chi connectivity index (χ1v) is 6.33. The molecule has 1 saturated heterocycles. The van der Waals surface area contributed by atoms with Gasteiger partial charge in [0, 0.05) is 22.5 Å². The van der Waals surface area contributed by atoms with Gasteiger partial charge in [-0.25, -0.2) is 0 Å². The van der Waals surface area contributed by atoms with E-state index < -0.39 is 0 Å². The van der Waals surface area contributed by atoms with Crippen LogP contribution in [0.1, 0.15) is 6.92 Å². The summed E-state index contributed by atoms with van der Waals surface area (Å²) in [6, 6.07) is 0. The summed E-state index contributed by atoms with van der Waals surface area (Å²) in [4.78, 5) is 0. The minimum absolute atomic E-state index is 0.169. The Labute approximate surface area is 82.1 Å². The van der Waals surface area contributed by atoms with Crippen LogP contribution >= 0.6 is 48.8 Å². The third-order valence-corrected chi connectivity index (χ3v) is 5.82. The van der Waals surface area contributed by atoms with Gasteiger partial charge in [0.1, 0.15) is 0 Å². The second-order valence-electron chi connectivity index (χ2n) is 2.65. The molecule has 2 atom stereocenters. The van der Waals surface area contributed by atoms with Crippen molar-refractivity contribution in [2.24, 2.45) is 0 Å². The minimum Gasteiger partial charge on any atom is -0.174 e. The predicted molar refractivity (Wildman–Crippen MR) is 59.9 cm³/mol. The van der Waals surface area contributed by atoms with Crippen LogP contribution in [0.3, 0.4) is 0 Å². The largest absolute Gasteiger partial charge is 0.174 e. The molecule has 0 aromatic rings. The van der Waals surface area contributed by atoms with Gasteiger partial charge in [0.25, 0.3) is 0 Å². The lowest BCUT2D eigenvalue weighted by Gasteiger charge is -2.18. The highest BCUT2D eigenvalue weighted by Crippen LogP contribution is 2.37. The molecule has 0 aromatic carbocycles. The van der Waals surface area contributed by atoms with Crippen molar-refractivity contribution in [3.8, 4) is 0 Å². The molecule has 0 aliphatic carbocycles. The molecule has 1 aliphatic rings. The Balaban J connectivity index is 2.41. The van der Waals surface area contributed by atoms with Crippen molar-refractivity contribution in [1.29, 1.82) is 0 Å². The molecule has 0 aromatic heterocycles. The van der Waals surface area contributed by atoms with E-state index in [0.29, 0.717) is 5.25 Å². The van der Waals surface area contributed by atoms with Crippen LogP contribution in [0.2, 0.25) is 0 Å². The normalized spacial score (nSPS) is 42.9. The molecule has 4 heteroatoms. The van der Waals surface area contributed by atoms with E-state index in [2.05, 4.69) is 32.2 Å². The zero-order valence-corrected chi connectivity index (χ0v) is 9.33. The van der Waals surface area contributed by atoms with Crippen LogP contribution in [0.25, 0.3) is 0 Å². The van der Waals surface area contributed by atoms with Crippen molar-refractivity contribution < 1.29 is 0 Å². The van der Waals surface area contributed by atoms with Crippen LogP contribution in [-0.2, 0) is 0 Å². The molecule has 1 fully saturated rings. The molecule has 10 heavy (non-hydrogen) atoms. The Kier molecular flexibility index (Phi) is 3.68. The molecule has 2 unspecified atom stereocenters. The topological polar surface area (TPSA) is 0 Å². The summed E-state index contributed by atoms with van der Waals surface area (Å²) in [6.45, 7) is 2.18. The van der Waals surface area contributed by atoms with Crippen LogP contribution in [0.4, 0.5) is 0 Å². The first-order valence-electron chi connectivity index (χ1n) is 3.22. The molecule has 0 bridgehead atoms. The maximum absolute atomic E-state index is 4.54. The smallest absolute Gasteiger partial charge is 0.0643 e. The van der Waals surface area contributed by atoms with Gasteiger partial charge in [0.2, 0.25) is 0 Å². The standard InChI is InChI=1S/C6H12S4/c1-6(8)4-9-2-5(7)3-10-6/h5,7-8H,2-4H2,1H3. The van der Waals surface area contributed by atoms with E-state index in [-0.39, 0.29) is 4.08 Å². The molecule has 0 spiro atoms. The van der Waals surface area contributed by atoms with Gasteiger partial charge < -0.3 is 0 Å². The monoisotopic (exact) mass is 212 g/mol. The van der Waals surface area contributed by atoms with Gasteiger partial charge >= 0.3 is 0 Å². The fourth-order valence-corrected chi connectivity index (χ4v) is 4.08. The zero-order valence-electron chi connectivity index (χ0n) is 5.91. The average molecular weight is 212 g/mol. The summed E-state index contributed by atoms with van der Waals surface area (Å²) in [7, 11) is 0. The van der Waals surface area contributed by atoms with Gasteiger partial charge in [-0.15, -0.1) is 11.8 Å². The Bertz CT molecular complexity index is 112. The van der Waals surface area contributed by atoms with Crippen LogP contribution in [-0.4, -0.2) is 26.6 Å². The van der Waals surface area contributed by atoms with Crippen LogP contribution in [0.15, 0.2) is 0 Å². The van der Waals surface area contributed by atoms with Gasteiger partial charge in [-0.3, -0.25) is 0 Å². The number of thioether (sulfide) groups is 2. The fourth-order valence-electron chi connectivity index (χ4n) is 0.750. The SMILES string of the molecule is CC1(S)CSCC(S)CS1. The maximum Gasteiger partial charge on any atom is 0.0643 e. The molecule has 0 nitrogen and oxygen atoms in total. The predicted octanol–water partition coefficient (Wildman–Crippen LogP) is 2.41. The van der Waals surface area contributed by atoms with E-state index in [1.807, 2.05) is 23.5 Å². The van der Waals surface area contributed by atoms with E-state index in [9.17, 15) is 0 Å². The molecule has 1 rings (SSSR count). The number of thiol groups is 2. The van der Waals surface area contributed by atoms with E-state index in [4.69, 9.17) is 0 Å². The summed E-state index contributed by atoms with van der Waals surface area (Å²) in [5.74, 6) is 3.44. The fraction of sp³-hybridized carbons (Fsp3) is 1.00. The summed E-state index contributed by atoms with van der Waals surface area (Å²) >= 11 is 12.8. The van der Waals surface area contributed by atoms with Crippen LogP contribution in [0.5, 0.6) is 0 Å². The van der Waals surface area contributed by atoms with E-state index in [1.165, 1.54) is 5.75 Å². The lowest BCUT2D eigenvalue weighted by molar-refractivity contribution is 1.06. The van der Waals surface area contributed by atoms with Crippen molar-refractivity contribution in [2.75, 3.05) is 17.3 Å². The average Bonchev–Trinajstić information content (AvgIpc) is 1.94. The molecule has 0 amide bonds. The number of rotatable bonds is 0. The lowest BCUT2D eigenvalue weighted by Crippen LogP contribution is -2.13. The molecule has 1 aliphatic heterocycles. The summed E-state index contributed by atoms with van der Waals surface area (Å²) < 4.78 is 0.169. The van der Waals surface area contributed by atoms with Crippen LogP contribution in [0, 0.1) is 0 Å². The molecule has 1 heterocycles. The highest BCUT2D eigenvalue weighted by atomic mass is 32.2. The van der Waals surface area contributed by atoms with E-state index in [0.717, 1.165) is 11.5 Å². The third kappa shape index (κ3) is 3.20. The summed E-state index contributed by atoms with van der Waals surface area (Å²) in [5, 5.41) is 0.559. The Morgan fingerprint density at radius 3 is 2.90 bits per heavy atom. The maximum atomic E-state index is 4.54. The molecule has 0 saturated carbocycles. The highest BCUT2D eigenvalue weighted by molar-refractivity contribution is 8.14. The van der Waals surface area contributed by atoms with Crippen molar-refractivity contribution >= 4 is 48.8 Å². The first-order chi connectivity index (χ1) is 4.60. The minimum atomic E-state index is 0.169. The number of hydrogen-bond acceptors (Lipinski definition) is 4. The Morgan fingerprint density at radius 2 is 2.20 bits per heavy atom. The zero-order chi connectivity index (χ0) is 7.61. The Hall–Kier alpha value is 1.40. The van der Waals surface area contributed by atoms with Crippen LogP contribution < -0.4 is 0 Å². The molecule has 0 radical (unpaired) electrons. The van der Waals surface area contributed by atoms with Gasteiger partial charge in [0.15, 0.2) is 0 Å². The van der Waals surface area contributed by atoms with Gasteiger partial charge in [0.05, 0.1) is 4.08 Å². The van der Waals surface area contributed by atoms with Crippen molar-refractivity contribution in [3.63, 3.8) is 0 Å².